The third-order valence-electron chi connectivity index (χ3n) is 2.65. The highest BCUT2D eigenvalue weighted by Gasteiger charge is 2.09. The summed E-state index contributed by atoms with van der Waals surface area (Å²) >= 11 is 0. The standard InChI is InChI=1S/C12H22N2/c1-5-11(6-2)12(9-10-13)14(7-3)8-4/h5-9H2,1-4H3. The van der Waals surface area contributed by atoms with Crippen LogP contribution in [0.3, 0.4) is 0 Å². The van der Waals surface area contributed by atoms with Crippen LogP contribution in [-0.2, 0) is 0 Å². The first kappa shape index (κ1) is 13.0. The lowest BCUT2D eigenvalue weighted by atomic mass is 10.1. The summed E-state index contributed by atoms with van der Waals surface area (Å²) in [5, 5.41) is 8.81. The van der Waals surface area contributed by atoms with Crippen LogP contribution in [-0.4, -0.2) is 18.0 Å². The Balaban J connectivity index is 4.88. The lowest BCUT2D eigenvalue weighted by molar-refractivity contribution is 0.369. The minimum atomic E-state index is 0.554. The molecule has 0 aromatic heterocycles. The minimum absolute atomic E-state index is 0.554. The van der Waals surface area contributed by atoms with Gasteiger partial charge in [0.15, 0.2) is 0 Å². The van der Waals surface area contributed by atoms with Crippen molar-refractivity contribution in [3.8, 4) is 6.07 Å². The molecule has 14 heavy (non-hydrogen) atoms. The maximum atomic E-state index is 8.81. The van der Waals surface area contributed by atoms with Gasteiger partial charge in [-0.1, -0.05) is 19.4 Å². The molecule has 2 heteroatoms. The quantitative estimate of drug-likeness (QED) is 0.648. The van der Waals surface area contributed by atoms with E-state index in [0.29, 0.717) is 6.42 Å². The molecule has 2 nitrogen and oxygen atoms in total. The summed E-state index contributed by atoms with van der Waals surface area (Å²) in [5.74, 6) is 0. The van der Waals surface area contributed by atoms with E-state index < -0.39 is 0 Å². The predicted octanol–water partition coefficient (Wildman–Crippen LogP) is 3.32. The molecule has 0 bridgehead atoms. The van der Waals surface area contributed by atoms with Crippen LogP contribution < -0.4 is 0 Å². The van der Waals surface area contributed by atoms with Crippen LogP contribution in [0.15, 0.2) is 11.3 Å². The maximum absolute atomic E-state index is 8.81. The molecule has 0 N–H and O–H groups in total. The molecule has 0 rings (SSSR count). The molecular formula is C12H22N2. The molecule has 0 aromatic rings. The summed E-state index contributed by atoms with van der Waals surface area (Å²) in [7, 11) is 0. The van der Waals surface area contributed by atoms with Crippen molar-refractivity contribution in [2.45, 2.75) is 47.0 Å². The van der Waals surface area contributed by atoms with E-state index in [1.165, 1.54) is 11.3 Å². The summed E-state index contributed by atoms with van der Waals surface area (Å²) in [6.45, 7) is 10.6. The second-order valence-corrected chi connectivity index (χ2v) is 3.26. The van der Waals surface area contributed by atoms with Crippen LogP contribution >= 0.6 is 0 Å². The molecule has 0 heterocycles. The van der Waals surface area contributed by atoms with E-state index in [-0.39, 0.29) is 0 Å². The van der Waals surface area contributed by atoms with Gasteiger partial charge in [-0.05, 0) is 26.7 Å². The Morgan fingerprint density at radius 3 is 1.86 bits per heavy atom. The Labute approximate surface area is 88.2 Å². The minimum Gasteiger partial charge on any atom is -0.375 e. The molecular weight excluding hydrogens is 172 g/mol. The van der Waals surface area contributed by atoms with Crippen molar-refractivity contribution >= 4 is 0 Å². The molecule has 0 aliphatic rings. The second-order valence-electron chi connectivity index (χ2n) is 3.26. The normalized spacial score (nSPS) is 9.36. The van der Waals surface area contributed by atoms with Gasteiger partial charge in [0.2, 0.25) is 0 Å². The third kappa shape index (κ3) is 3.41. The smallest absolute Gasteiger partial charge is 0.0750 e. The Kier molecular flexibility index (Phi) is 6.92. The molecule has 0 amide bonds. The fourth-order valence-electron chi connectivity index (χ4n) is 1.80. The molecule has 0 saturated carbocycles. The van der Waals surface area contributed by atoms with Crippen molar-refractivity contribution in [1.82, 2.24) is 4.90 Å². The average Bonchev–Trinajstić information content (AvgIpc) is 2.21. The van der Waals surface area contributed by atoms with Gasteiger partial charge in [-0.3, -0.25) is 0 Å². The molecule has 0 saturated heterocycles. The summed E-state index contributed by atoms with van der Waals surface area (Å²) in [5.41, 5.74) is 2.68. The van der Waals surface area contributed by atoms with Crippen LogP contribution in [0.4, 0.5) is 0 Å². The van der Waals surface area contributed by atoms with E-state index in [0.717, 1.165) is 25.9 Å². The van der Waals surface area contributed by atoms with Gasteiger partial charge in [0.1, 0.15) is 0 Å². The Morgan fingerprint density at radius 1 is 1.07 bits per heavy atom. The Morgan fingerprint density at radius 2 is 1.57 bits per heavy atom. The number of hydrogen-bond donors (Lipinski definition) is 0. The van der Waals surface area contributed by atoms with Gasteiger partial charge in [-0.25, -0.2) is 0 Å². The van der Waals surface area contributed by atoms with Crippen molar-refractivity contribution < 1.29 is 0 Å². The van der Waals surface area contributed by atoms with Crippen LogP contribution in [0.2, 0.25) is 0 Å². The van der Waals surface area contributed by atoms with Crippen LogP contribution in [0.25, 0.3) is 0 Å². The zero-order valence-corrected chi connectivity index (χ0v) is 9.93. The highest BCUT2D eigenvalue weighted by Crippen LogP contribution is 2.19. The zero-order valence-electron chi connectivity index (χ0n) is 9.93. The van der Waals surface area contributed by atoms with Crippen molar-refractivity contribution in [2.24, 2.45) is 0 Å². The van der Waals surface area contributed by atoms with Gasteiger partial charge < -0.3 is 4.90 Å². The van der Waals surface area contributed by atoms with Gasteiger partial charge in [0.25, 0.3) is 0 Å². The van der Waals surface area contributed by atoms with E-state index in [1.54, 1.807) is 0 Å². The fourth-order valence-corrected chi connectivity index (χ4v) is 1.80. The molecule has 0 atom stereocenters. The first-order valence-electron chi connectivity index (χ1n) is 5.57. The molecule has 80 valence electrons. The summed E-state index contributed by atoms with van der Waals surface area (Å²) in [6, 6.07) is 2.27. The second kappa shape index (κ2) is 7.44. The topological polar surface area (TPSA) is 27.0 Å². The maximum Gasteiger partial charge on any atom is 0.0750 e. The highest BCUT2D eigenvalue weighted by molar-refractivity contribution is 5.16. The zero-order chi connectivity index (χ0) is 11.0. The first-order valence-corrected chi connectivity index (χ1v) is 5.57. The number of rotatable bonds is 6. The summed E-state index contributed by atoms with van der Waals surface area (Å²) in [4.78, 5) is 2.30. The Bertz CT molecular complexity index is 213. The lowest BCUT2D eigenvalue weighted by Crippen LogP contribution is -2.23. The van der Waals surface area contributed by atoms with Crippen LogP contribution in [0.5, 0.6) is 0 Å². The highest BCUT2D eigenvalue weighted by atomic mass is 15.1. The van der Waals surface area contributed by atoms with Crippen LogP contribution in [0, 0.1) is 11.3 Å². The average molecular weight is 194 g/mol. The van der Waals surface area contributed by atoms with Gasteiger partial charge in [0.05, 0.1) is 12.5 Å². The summed E-state index contributed by atoms with van der Waals surface area (Å²) in [6.07, 6.45) is 2.67. The van der Waals surface area contributed by atoms with E-state index in [9.17, 15) is 0 Å². The van der Waals surface area contributed by atoms with Crippen LogP contribution in [0.1, 0.15) is 47.0 Å². The number of allylic oxidation sites excluding steroid dienone is 2. The number of hydrogen-bond acceptors (Lipinski definition) is 2. The Hall–Kier alpha value is -0.970. The first-order chi connectivity index (χ1) is 6.74. The molecule has 0 spiro atoms. The molecule has 0 radical (unpaired) electrons. The van der Waals surface area contributed by atoms with Gasteiger partial charge in [-0.15, -0.1) is 0 Å². The molecule has 0 aromatic carbocycles. The summed E-state index contributed by atoms with van der Waals surface area (Å²) < 4.78 is 0. The monoisotopic (exact) mass is 194 g/mol. The number of nitrogens with zero attached hydrogens (tertiary/aromatic N) is 2. The van der Waals surface area contributed by atoms with Gasteiger partial charge in [-0.2, -0.15) is 5.26 Å². The van der Waals surface area contributed by atoms with E-state index >= 15 is 0 Å². The van der Waals surface area contributed by atoms with Crippen molar-refractivity contribution in [1.29, 1.82) is 5.26 Å². The van der Waals surface area contributed by atoms with E-state index in [2.05, 4.69) is 38.7 Å². The van der Waals surface area contributed by atoms with Crippen molar-refractivity contribution in [3.63, 3.8) is 0 Å². The lowest BCUT2D eigenvalue weighted by Gasteiger charge is -2.25. The molecule has 0 aliphatic carbocycles. The fraction of sp³-hybridized carbons (Fsp3) is 0.750. The SMILES string of the molecule is CCC(CC)=C(CC#N)N(CC)CC. The molecule has 0 unspecified atom stereocenters. The van der Waals surface area contributed by atoms with Crippen molar-refractivity contribution in [2.75, 3.05) is 13.1 Å². The number of nitriles is 1. The van der Waals surface area contributed by atoms with Crippen molar-refractivity contribution in [3.05, 3.63) is 11.3 Å². The van der Waals surface area contributed by atoms with Gasteiger partial charge >= 0.3 is 0 Å². The van der Waals surface area contributed by atoms with Gasteiger partial charge in [0, 0.05) is 18.8 Å². The largest absolute Gasteiger partial charge is 0.375 e. The van der Waals surface area contributed by atoms with E-state index in [1.807, 2.05) is 0 Å². The molecule has 0 aliphatic heterocycles. The van der Waals surface area contributed by atoms with E-state index in [4.69, 9.17) is 5.26 Å². The molecule has 0 fully saturated rings. The third-order valence-corrected chi connectivity index (χ3v) is 2.65. The predicted molar refractivity (Wildman–Crippen MR) is 60.8 cm³/mol.